The van der Waals surface area contributed by atoms with Crippen LogP contribution in [0, 0.1) is 0 Å². The van der Waals surface area contributed by atoms with Crippen LogP contribution in [-0.2, 0) is 44.2 Å². The molecule has 0 heterocycles. The number of benzene rings is 11. The van der Waals surface area contributed by atoms with Gasteiger partial charge in [0.2, 0.25) is 0 Å². The smallest absolute Gasteiger partial charge is 0.343 e. The SMILES string of the molecule is CC(C)=O.CC(C)=O.CC(C)=O.COCCOC(=O)c1ccccc1.COCCOc1ccc(C2(c3ccc(OCCOC(=O)c4ccccc4)cc3)c3ccccc3-c3ccccc32)cc1.COc1ccc(C2(c3ccc(OC(=O)c4ccccc4)cc3)c3ccccc3-c3ccccc32)cc1. The number of carbonyl (C=O) groups is 6. The van der Waals surface area contributed by atoms with Crippen LogP contribution in [0.3, 0.4) is 0 Å². The number of ether oxygens (including phenoxy) is 8. The van der Waals surface area contributed by atoms with Gasteiger partial charge < -0.3 is 52.3 Å². The number of hydrogen-bond acceptors (Lipinski definition) is 14. The van der Waals surface area contributed by atoms with E-state index in [-0.39, 0.29) is 48.5 Å². The Morgan fingerprint density at radius 2 is 0.505 bits per heavy atom. The van der Waals surface area contributed by atoms with Crippen LogP contribution in [0.25, 0.3) is 22.3 Å². The molecule has 0 amide bonds. The van der Waals surface area contributed by atoms with E-state index in [0.29, 0.717) is 54.6 Å². The Kier molecular flexibility index (Phi) is 28.9. The number of ketones is 3. The lowest BCUT2D eigenvalue weighted by Crippen LogP contribution is -2.28. The second-order valence-corrected chi connectivity index (χ2v) is 24.2. The number of hydrogen-bond donors (Lipinski definition) is 0. The van der Waals surface area contributed by atoms with Gasteiger partial charge in [-0.1, -0.05) is 200 Å². The summed E-state index contributed by atoms with van der Waals surface area (Å²) in [6.45, 7) is 11.4. The number of methoxy groups -OCH3 is 3. The fraction of sp³-hybridized carbons (Fsp3) is 0.191. The molecule has 2 aliphatic rings. The van der Waals surface area contributed by atoms with Gasteiger partial charge in [0.15, 0.2) is 0 Å². The van der Waals surface area contributed by atoms with Gasteiger partial charge in [-0.15, -0.1) is 0 Å². The fourth-order valence-electron chi connectivity index (χ4n) is 12.1. The van der Waals surface area contributed by atoms with E-state index in [1.165, 1.54) is 86.1 Å². The molecular formula is C89H86O14. The molecule has 0 fully saturated rings. The molecule has 0 atom stereocenters. The summed E-state index contributed by atoms with van der Waals surface area (Å²) < 4.78 is 43.1. The number of fused-ring (bicyclic) bond motifs is 6. The molecule has 14 heteroatoms. The predicted octanol–water partition coefficient (Wildman–Crippen LogP) is 17.9. The third-order valence-electron chi connectivity index (χ3n) is 16.2. The molecule has 0 bridgehead atoms. The summed E-state index contributed by atoms with van der Waals surface area (Å²) in [4.78, 5) is 64.4. The molecule has 526 valence electrons. The highest BCUT2D eigenvalue weighted by molar-refractivity contribution is 5.92. The van der Waals surface area contributed by atoms with E-state index in [4.69, 9.17) is 37.9 Å². The minimum Gasteiger partial charge on any atom is -0.497 e. The Labute approximate surface area is 603 Å². The van der Waals surface area contributed by atoms with E-state index in [1.807, 2.05) is 91.0 Å². The Morgan fingerprint density at radius 1 is 0.262 bits per heavy atom. The molecule has 0 saturated carbocycles. The summed E-state index contributed by atoms with van der Waals surface area (Å²) in [5.41, 5.74) is 15.0. The van der Waals surface area contributed by atoms with Crippen LogP contribution >= 0.6 is 0 Å². The monoisotopic (exact) mass is 1380 g/mol. The van der Waals surface area contributed by atoms with Crippen LogP contribution < -0.4 is 18.9 Å². The first-order chi connectivity index (χ1) is 50.0. The van der Waals surface area contributed by atoms with Gasteiger partial charge in [-0.05, 0) is 193 Å². The first-order valence-electron chi connectivity index (χ1n) is 33.7. The summed E-state index contributed by atoms with van der Waals surface area (Å²) in [5.74, 6) is 2.31. The normalized spacial score (nSPS) is 11.7. The van der Waals surface area contributed by atoms with Gasteiger partial charge >= 0.3 is 17.9 Å². The average Bonchev–Trinajstić information content (AvgIpc) is 1.56. The number of carbonyl (C=O) groups excluding carboxylic acids is 6. The summed E-state index contributed by atoms with van der Waals surface area (Å²) in [7, 11) is 4.92. The van der Waals surface area contributed by atoms with Crippen molar-refractivity contribution in [3.8, 4) is 45.3 Å². The van der Waals surface area contributed by atoms with Crippen molar-refractivity contribution in [2.45, 2.75) is 52.4 Å². The van der Waals surface area contributed by atoms with Gasteiger partial charge in [0.25, 0.3) is 0 Å². The third-order valence-corrected chi connectivity index (χ3v) is 16.2. The first-order valence-corrected chi connectivity index (χ1v) is 33.7. The van der Waals surface area contributed by atoms with Crippen LogP contribution in [-0.4, -0.2) is 96.2 Å². The molecule has 11 aromatic rings. The van der Waals surface area contributed by atoms with Crippen molar-refractivity contribution < 1.29 is 66.7 Å². The highest BCUT2D eigenvalue weighted by atomic mass is 16.6. The second-order valence-electron chi connectivity index (χ2n) is 24.2. The topological polar surface area (TPSA) is 176 Å². The maximum absolute atomic E-state index is 12.6. The van der Waals surface area contributed by atoms with E-state index in [9.17, 15) is 28.8 Å². The quantitative estimate of drug-likeness (QED) is 0.0400. The van der Waals surface area contributed by atoms with Gasteiger partial charge in [0.05, 0.1) is 47.8 Å². The fourth-order valence-corrected chi connectivity index (χ4v) is 12.1. The van der Waals surface area contributed by atoms with Crippen molar-refractivity contribution in [3.63, 3.8) is 0 Å². The molecule has 0 unspecified atom stereocenters. The van der Waals surface area contributed by atoms with Gasteiger partial charge in [0.1, 0.15) is 66.8 Å². The highest BCUT2D eigenvalue weighted by Crippen LogP contribution is 2.58. The predicted molar refractivity (Wildman–Crippen MR) is 403 cm³/mol. The Hall–Kier alpha value is -11.8. The Bertz CT molecular complexity index is 4400. The summed E-state index contributed by atoms with van der Waals surface area (Å²) in [6, 6.07) is 94.1. The van der Waals surface area contributed by atoms with Crippen LogP contribution in [0.2, 0.25) is 0 Å². The van der Waals surface area contributed by atoms with Crippen molar-refractivity contribution in [3.05, 3.63) is 346 Å². The van der Waals surface area contributed by atoms with Crippen molar-refractivity contribution in [1.82, 2.24) is 0 Å². The molecule has 14 nitrogen and oxygen atoms in total. The van der Waals surface area contributed by atoms with Crippen LogP contribution in [0.15, 0.2) is 285 Å². The van der Waals surface area contributed by atoms with E-state index >= 15 is 0 Å². The molecule has 2 aliphatic carbocycles. The first kappa shape index (κ1) is 76.9. The maximum atomic E-state index is 12.6. The van der Waals surface area contributed by atoms with Gasteiger partial charge in [0, 0.05) is 14.2 Å². The highest BCUT2D eigenvalue weighted by Gasteiger charge is 2.47. The molecule has 13 rings (SSSR count). The van der Waals surface area contributed by atoms with Gasteiger partial charge in [-0.2, -0.15) is 0 Å². The number of rotatable bonds is 20. The van der Waals surface area contributed by atoms with Crippen molar-refractivity contribution in [2.75, 3.05) is 61.0 Å². The summed E-state index contributed by atoms with van der Waals surface area (Å²) in [5, 5.41) is 0. The lowest BCUT2D eigenvalue weighted by Gasteiger charge is -2.34. The molecule has 103 heavy (non-hydrogen) atoms. The van der Waals surface area contributed by atoms with E-state index < -0.39 is 10.8 Å². The zero-order chi connectivity index (χ0) is 73.6. The molecule has 0 N–H and O–H groups in total. The van der Waals surface area contributed by atoms with Crippen LogP contribution in [0.5, 0.6) is 23.0 Å². The van der Waals surface area contributed by atoms with Crippen LogP contribution in [0.4, 0.5) is 0 Å². The van der Waals surface area contributed by atoms with Crippen molar-refractivity contribution in [1.29, 1.82) is 0 Å². The molecule has 0 saturated heterocycles. The average molecular weight is 1380 g/mol. The number of Topliss-reactive ketones (excluding diaryl/α,β-unsaturated/α-hetero) is 3. The third kappa shape index (κ3) is 20.0. The lowest BCUT2D eigenvalue weighted by atomic mass is 9.68. The second kappa shape index (κ2) is 38.7. The van der Waals surface area contributed by atoms with Crippen molar-refractivity contribution in [2.24, 2.45) is 0 Å². The zero-order valence-electron chi connectivity index (χ0n) is 59.6. The largest absolute Gasteiger partial charge is 0.497 e. The van der Waals surface area contributed by atoms with Gasteiger partial charge in [-0.3, -0.25) is 0 Å². The standard InChI is InChI=1S/C37H32O5.C33H24O3.C10H12O3.3C3H6O/c1-39-23-24-40-30-19-15-28(16-20-30)37(34-13-7-5-11-32(34)33-12-6-8-14-35(33)37)29-17-21-31(22-18-29)41-25-26-42-36(38)27-9-3-2-4-10-27;1-35-26-19-15-24(16-20-26)33(30-13-7-5-11-28(30)29-12-6-8-14-31(29)33)25-17-21-27(22-18-25)36-32(34)23-9-3-2-4-10-23;1-12-7-8-13-10(11)9-5-3-2-4-6-9;3*1-3(2)4/h2-22H,23-26H2,1H3;2-22H,1H3;2-6H,7-8H2,1H3;3*1-2H3. The molecule has 0 aliphatic heterocycles. The lowest BCUT2D eigenvalue weighted by molar-refractivity contribution is -0.115. The molecule has 0 aromatic heterocycles. The molecule has 0 radical (unpaired) electrons. The van der Waals surface area contributed by atoms with E-state index in [1.54, 1.807) is 69.9 Å². The van der Waals surface area contributed by atoms with Crippen molar-refractivity contribution >= 4 is 35.3 Å². The van der Waals surface area contributed by atoms with E-state index in [0.717, 1.165) is 33.8 Å². The Balaban J connectivity index is 0.000000198. The van der Waals surface area contributed by atoms with Crippen LogP contribution in [0.1, 0.15) is 117 Å². The molecular weight excluding hydrogens is 1290 g/mol. The molecule has 11 aromatic carbocycles. The zero-order valence-corrected chi connectivity index (χ0v) is 59.6. The minimum atomic E-state index is -0.512. The summed E-state index contributed by atoms with van der Waals surface area (Å²) in [6.07, 6.45) is 0. The maximum Gasteiger partial charge on any atom is 0.343 e. The minimum absolute atomic E-state index is 0.166. The Morgan fingerprint density at radius 3 is 0.806 bits per heavy atom. The summed E-state index contributed by atoms with van der Waals surface area (Å²) >= 11 is 0. The van der Waals surface area contributed by atoms with E-state index in [2.05, 4.69) is 146 Å². The van der Waals surface area contributed by atoms with Gasteiger partial charge in [-0.25, -0.2) is 14.4 Å². The molecule has 0 spiro atoms. The number of esters is 3.